The zero-order valence-corrected chi connectivity index (χ0v) is 37.3. The summed E-state index contributed by atoms with van der Waals surface area (Å²) in [6, 6.07) is 12.2. The van der Waals surface area contributed by atoms with Gasteiger partial charge in [0.2, 0.25) is 11.8 Å². The molecule has 6 rings (SSSR count). The van der Waals surface area contributed by atoms with E-state index in [2.05, 4.69) is 62.7 Å². The number of pyridine rings is 1. The van der Waals surface area contributed by atoms with Gasteiger partial charge in [0.1, 0.15) is 23.4 Å². The van der Waals surface area contributed by atoms with Crippen molar-refractivity contribution in [3.63, 3.8) is 0 Å². The molecule has 2 aromatic carbocycles. The number of piperidine rings is 1. The van der Waals surface area contributed by atoms with Gasteiger partial charge >= 0.3 is 17.8 Å². The number of nitrogens with one attached hydrogen (secondary N) is 4. The van der Waals surface area contributed by atoms with E-state index in [-0.39, 0.29) is 29.8 Å². The van der Waals surface area contributed by atoms with E-state index in [1.807, 2.05) is 36.4 Å². The van der Waals surface area contributed by atoms with Crippen LogP contribution >= 0.6 is 31.9 Å². The van der Waals surface area contributed by atoms with Gasteiger partial charge in [-0.25, -0.2) is 14.4 Å². The van der Waals surface area contributed by atoms with E-state index < -0.39 is 35.7 Å². The number of phenols is 1. The molecule has 2 fully saturated rings. The molecule has 0 radical (unpaired) electrons. The zero-order valence-electron chi connectivity index (χ0n) is 34.1. The molecule has 2 aliphatic rings. The topological polar surface area (TPSA) is 194 Å². The monoisotopic (exact) mass is 953 g/mol. The van der Waals surface area contributed by atoms with Crippen molar-refractivity contribution in [3.05, 3.63) is 85.9 Å². The summed E-state index contributed by atoms with van der Waals surface area (Å²) in [6.45, 7) is 8.50. The van der Waals surface area contributed by atoms with E-state index in [1.54, 1.807) is 59.7 Å². The highest BCUT2D eigenvalue weighted by atomic mass is 79.9. The fourth-order valence-corrected chi connectivity index (χ4v) is 8.93. The Morgan fingerprint density at radius 3 is 2.23 bits per heavy atom. The maximum atomic E-state index is 14.4. The minimum atomic E-state index is -1.09. The number of ether oxygens (including phenoxy) is 1. The number of aromatic amines is 1. The Hall–Kier alpha value is -5.10. The first-order chi connectivity index (χ1) is 28.7. The maximum Gasteiger partial charge on any atom is 0.407 e. The molecule has 2 aromatic heterocycles. The van der Waals surface area contributed by atoms with Gasteiger partial charge in [0, 0.05) is 76.4 Å². The second-order valence-electron chi connectivity index (χ2n) is 16.2. The predicted molar refractivity (Wildman–Crippen MR) is 235 cm³/mol. The maximum absolute atomic E-state index is 14.4. The number of aromatic nitrogens is 3. The summed E-state index contributed by atoms with van der Waals surface area (Å²) in [7, 11) is 0. The number of H-pyrrole nitrogens is 1. The molecule has 16 nitrogen and oxygen atoms in total. The van der Waals surface area contributed by atoms with Crippen molar-refractivity contribution in [2.45, 2.75) is 83.0 Å². The summed E-state index contributed by atoms with van der Waals surface area (Å²) >= 11 is 6.74. The summed E-state index contributed by atoms with van der Waals surface area (Å²) in [5.41, 5.74) is 2.40. The molecule has 4 heterocycles. The van der Waals surface area contributed by atoms with Crippen molar-refractivity contribution >= 4 is 72.5 Å². The van der Waals surface area contributed by atoms with Gasteiger partial charge in [-0.15, -0.1) is 0 Å². The normalized spacial score (nSPS) is 16.0. The Kier molecular flexibility index (Phi) is 14.8. The molecule has 0 unspecified atom stereocenters. The Morgan fingerprint density at radius 1 is 0.900 bits per heavy atom. The Morgan fingerprint density at radius 2 is 1.57 bits per heavy atom. The summed E-state index contributed by atoms with van der Waals surface area (Å²) < 4.78 is 7.91. The number of hydrogen-bond donors (Lipinski definition) is 5. The molecule has 5 amide bonds. The summed E-state index contributed by atoms with van der Waals surface area (Å²) in [6.07, 6.45) is 5.41. The standard InChI is InChI=1S/C42H53Br2N9O7/c1-42(2,3)60-41(59)46-15-7-6-9-33(38(56)51-22-20-50(21-23-51)28-11-16-45-17-12-28)47-37(55)34(26-27-24-30(43)36(54)31(44)25-27)49-39(57)52-18-13-29(14-19-52)53-35-10-5-4-8-32(35)48-40(53)58/h4-5,8,10-12,16-17,24-25,29,33-34,54H,6-7,9,13-15,18-23,26H2,1-3H3,(H,46,59)(H,47,55)(H,48,58)(H,49,57)/t33-,34+/m0/s1. The number of halogens is 2. The highest BCUT2D eigenvalue weighted by Gasteiger charge is 2.33. The Labute approximate surface area is 365 Å². The van der Waals surface area contributed by atoms with Crippen LogP contribution < -0.4 is 26.5 Å². The first-order valence-electron chi connectivity index (χ1n) is 20.3. The van der Waals surface area contributed by atoms with Crippen molar-refractivity contribution in [2.24, 2.45) is 0 Å². The van der Waals surface area contributed by atoms with Gasteiger partial charge in [-0.1, -0.05) is 12.1 Å². The Bertz CT molecular complexity index is 2170. The van der Waals surface area contributed by atoms with E-state index >= 15 is 0 Å². The first kappa shape index (κ1) is 44.5. The van der Waals surface area contributed by atoms with E-state index in [1.165, 1.54) is 0 Å². The number of likely N-dealkylation sites (tertiary alicyclic amines) is 1. The number of anilines is 1. The molecule has 0 bridgehead atoms. The van der Waals surface area contributed by atoms with Gasteiger partial charge in [0.15, 0.2) is 0 Å². The van der Waals surface area contributed by atoms with E-state index in [9.17, 15) is 29.1 Å². The molecule has 0 aliphatic carbocycles. The first-order valence-corrected chi connectivity index (χ1v) is 21.9. The van der Waals surface area contributed by atoms with Crippen LogP contribution in [0.4, 0.5) is 15.3 Å². The third-order valence-electron chi connectivity index (χ3n) is 10.7. The number of aromatic hydroxyl groups is 1. The molecule has 0 spiro atoms. The van der Waals surface area contributed by atoms with Crippen LogP contribution in [0.25, 0.3) is 11.0 Å². The number of nitrogens with zero attached hydrogens (tertiary/aromatic N) is 5. The molecule has 5 N–H and O–H groups in total. The number of imidazole rings is 1. The number of carbonyl (C=O) groups excluding carboxylic acids is 4. The number of hydrogen-bond acceptors (Lipinski definition) is 9. The number of rotatable bonds is 13. The van der Waals surface area contributed by atoms with E-state index in [0.29, 0.717) is 92.4 Å². The van der Waals surface area contributed by atoms with E-state index in [0.717, 1.165) is 16.7 Å². The highest BCUT2D eigenvalue weighted by Crippen LogP contribution is 2.34. The van der Waals surface area contributed by atoms with E-state index in [4.69, 9.17) is 4.74 Å². The van der Waals surface area contributed by atoms with Gasteiger partial charge in [-0.3, -0.25) is 19.1 Å². The van der Waals surface area contributed by atoms with Crippen LogP contribution in [0, 0.1) is 0 Å². The van der Waals surface area contributed by atoms with Crippen LogP contribution in [0.2, 0.25) is 0 Å². The smallest absolute Gasteiger partial charge is 0.407 e. The lowest BCUT2D eigenvalue weighted by Crippen LogP contribution is -2.59. The summed E-state index contributed by atoms with van der Waals surface area (Å²) in [5, 5.41) is 19.1. The molecule has 2 aliphatic heterocycles. The van der Waals surface area contributed by atoms with Gasteiger partial charge in [-0.2, -0.15) is 0 Å². The zero-order chi connectivity index (χ0) is 43.0. The van der Waals surface area contributed by atoms with Crippen LogP contribution in [0.1, 0.15) is 64.5 Å². The molecule has 60 heavy (non-hydrogen) atoms. The number of phenolic OH excluding ortho intramolecular Hbond substituents is 1. The number of para-hydroxylation sites is 2. The third kappa shape index (κ3) is 11.6. The minimum absolute atomic E-state index is 0.00295. The molecule has 2 atom stereocenters. The fraction of sp³-hybridized carbons (Fsp3) is 0.476. The lowest BCUT2D eigenvalue weighted by molar-refractivity contribution is -0.137. The number of piperazine rings is 1. The van der Waals surface area contributed by atoms with Gasteiger partial charge in [-0.05, 0) is 127 Å². The molecule has 2 saturated heterocycles. The van der Waals surface area contributed by atoms with Crippen molar-refractivity contribution in [1.82, 2.24) is 40.3 Å². The molecule has 4 aromatic rings. The third-order valence-corrected chi connectivity index (χ3v) is 11.9. The number of alkyl carbamates (subject to hydrolysis) is 1. The highest BCUT2D eigenvalue weighted by molar-refractivity contribution is 9.11. The lowest BCUT2D eigenvalue weighted by Gasteiger charge is -2.38. The van der Waals surface area contributed by atoms with Crippen molar-refractivity contribution in [1.29, 1.82) is 0 Å². The minimum Gasteiger partial charge on any atom is -0.506 e. The van der Waals surface area contributed by atoms with Gasteiger partial charge < -0.3 is 45.5 Å². The summed E-state index contributed by atoms with van der Waals surface area (Å²) in [4.78, 5) is 80.3. The van der Waals surface area contributed by atoms with Crippen LogP contribution in [0.5, 0.6) is 5.75 Å². The van der Waals surface area contributed by atoms with Gasteiger partial charge in [0.25, 0.3) is 0 Å². The van der Waals surface area contributed by atoms with Crippen molar-refractivity contribution in [2.75, 3.05) is 50.7 Å². The second-order valence-corrected chi connectivity index (χ2v) is 17.9. The number of unbranched alkanes of at least 4 members (excludes halogenated alkanes) is 1. The SMILES string of the molecule is CC(C)(C)OC(=O)NCCCC[C@H](NC(=O)[C@@H](Cc1cc(Br)c(O)c(Br)c1)NC(=O)N1CCC(n2c(=O)[nH]c3ccccc32)CC1)C(=O)N1CCN(c2ccncc2)CC1. The molecular formula is C42H53Br2N9O7. The van der Waals surface area contributed by atoms with Crippen LogP contribution in [0.3, 0.4) is 0 Å². The quantitative estimate of drug-likeness (QED) is 0.109. The number of benzene rings is 2. The van der Waals surface area contributed by atoms with Crippen LogP contribution in [0.15, 0.2) is 74.7 Å². The number of amides is 5. The number of fused-ring (bicyclic) bond motifs is 1. The Balaban J connectivity index is 1.15. The fourth-order valence-electron chi connectivity index (χ4n) is 7.65. The average Bonchev–Trinajstić information content (AvgIpc) is 3.56. The predicted octanol–water partition coefficient (Wildman–Crippen LogP) is 5.44. The van der Waals surface area contributed by atoms with Crippen molar-refractivity contribution in [3.8, 4) is 5.75 Å². The molecular weight excluding hydrogens is 902 g/mol. The van der Waals surface area contributed by atoms with Gasteiger partial charge in [0.05, 0.1) is 20.0 Å². The largest absolute Gasteiger partial charge is 0.506 e. The van der Waals surface area contributed by atoms with Crippen molar-refractivity contribution < 1.29 is 29.0 Å². The summed E-state index contributed by atoms with van der Waals surface area (Å²) in [5.74, 6) is -0.769. The number of urea groups is 1. The number of carbonyl (C=O) groups is 4. The average molecular weight is 956 g/mol. The van der Waals surface area contributed by atoms with Crippen LogP contribution in [-0.4, -0.2) is 117 Å². The molecule has 322 valence electrons. The molecule has 0 saturated carbocycles. The second kappa shape index (κ2) is 20.0. The molecule has 18 heteroatoms. The lowest BCUT2D eigenvalue weighted by atomic mass is 10.0. The van der Waals surface area contributed by atoms with Crippen LogP contribution in [-0.2, 0) is 20.7 Å².